The van der Waals surface area contributed by atoms with Crippen molar-refractivity contribution in [2.75, 3.05) is 6.61 Å². The highest BCUT2D eigenvalue weighted by molar-refractivity contribution is 4.65. The highest BCUT2D eigenvalue weighted by Crippen LogP contribution is 2.25. The molecule has 11 heavy (non-hydrogen) atoms. The van der Waals surface area contributed by atoms with Crippen LogP contribution in [-0.4, -0.2) is 6.61 Å². The van der Waals surface area contributed by atoms with E-state index >= 15 is 0 Å². The van der Waals surface area contributed by atoms with Gasteiger partial charge in [0.15, 0.2) is 0 Å². The first-order valence-electron chi connectivity index (χ1n) is 4.35. The molecule has 0 aromatic rings. The van der Waals surface area contributed by atoms with Crippen LogP contribution in [-0.2, 0) is 4.74 Å². The van der Waals surface area contributed by atoms with E-state index in [-0.39, 0.29) is 0 Å². The molecule has 0 aromatic carbocycles. The minimum absolute atomic E-state index is 0.477. The molecular weight excluding hydrogens is 136 g/mol. The van der Waals surface area contributed by atoms with Gasteiger partial charge >= 0.3 is 0 Å². The average molecular weight is 156 g/mol. The maximum Gasteiger partial charge on any atom is 0.0873 e. The molecule has 0 unspecified atom stereocenters. The van der Waals surface area contributed by atoms with Gasteiger partial charge in [-0.3, -0.25) is 0 Å². The predicted octanol–water partition coefficient (Wildman–Crippen LogP) is 3.36. The molecule has 0 atom stereocenters. The molecule has 0 amide bonds. The Morgan fingerprint density at radius 2 is 2.09 bits per heavy atom. The molecule has 0 saturated carbocycles. The number of hydrogen-bond acceptors (Lipinski definition) is 1. The Balaban J connectivity index is 3.29. The van der Waals surface area contributed by atoms with Crippen LogP contribution in [0.5, 0.6) is 0 Å². The highest BCUT2D eigenvalue weighted by Gasteiger charge is 2.13. The molecule has 0 aromatic heterocycles. The third-order valence-electron chi connectivity index (χ3n) is 2.19. The van der Waals surface area contributed by atoms with Gasteiger partial charge in [0.2, 0.25) is 0 Å². The summed E-state index contributed by atoms with van der Waals surface area (Å²) in [6, 6.07) is 0. The number of hydrogen-bond donors (Lipinski definition) is 0. The summed E-state index contributed by atoms with van der Waals surface area (Å²) in [5.74, 6) is 0. The van der Waals surface area contributed by atoms with Crippen molar-refractivity contribution in [2.45, 2.75) is 40.0 Å². The summed E-state index contributed by atoms with van der Waals surface area (Å²) in [5, 5.41) is 0. The lowest BCUT2D eigenvalue weighted by Gasteiger charge is -2.21. The smallest absolute Gasteiger partial charge is 0.0873 e. The first kappa shape index (κ1) is 10.5. The lowest BCUT2D eigenvalue weighted by atomic mass is 9.85. The zero-order chi connectivity index (χ0) is 8.74. The molecule has 66 valence electrons. The van der Waals surface area contributed by atoms with Gasteiger partial charge in [0.05, 0.1) is 12.9 Å². The van der Waals surface area contributed by atoms with Crippen LogP contribution in [0.2, 0.25) is 0 Å². The van der Waals surface area contributed by atoms with E-state index in [1.165, 1.54) is 19.1 Å². The van der Waals surface area contributed by atoms with Gasteiger partial charge < -0.3 is 4.74 Å². The molecule has 0 spiro atoms. The second kappa shape index (κ2) is 5.22. The topological polar surface area (TPSA) is 9.23 Å². The molecule has 0 heterocycles. The van der Waals surface area contributed by atoms with Crippen molar-refractivity contribution in [1.82, 2.24) is 0 Å². The summed E-state index contributed by atoms with van der Waals surface area (Å²) in [4.78, 5) is 0. The van der Waals surface area contributed by atoms with Gasteiger partial charge in [-0.2, -0.15) is 0 Å². The van der Waals surface area contributed by atoms with Crippen molar-refractivity contribution in [2.24, 2.45) is 5.41 Å². The zero-order valence-corrected chi connectivity index (χ0v) is 8.02. The minimum atomic E-state index is 0.477. The van der Waals surface area contributed by atoms with E-state index in [0.29, 0.717) is 5.41 Å². The van der Waals surface area contributed by atoms with Gasteiger partial charge in [0.25, 0.3) is 0 Å². The lowest BCUT2D eigenvalue weighted by Crippen LogP contribution is -2.10. The third-order valence-corrected chi connectivity index (χ3v) is 2.19. The Bertz CT molecular complexity index is 105. The van der Waals surface area contributed by atoms with Crippen LogP contribution in [0.25, 0.3) is 0 Å². The lowest BCUT2D eigenvalue weighted by molar-refractivity contribution is 0.212. The maximum atomic E-state index is 5.04. The molecule has 0 rings (SSSR count). The van der Waals surface area contributed by atoms with Crippen LogP contribution in [0.4, 0.5) is 0 Å². The molecule has 0 saturated heterocycles. The Labute approximate surface area is 70.4 Å². The largest absolute Gasteiger partial charge is 0.502 e. The van der Waals surface area contributed by atoms with Gasteiger partial charge in [0, 0.05) is 0 Å². The fraction of sp³-hybridized carbons (Fsp3) is 0.800. The summed E-state index contributed by atoms with van der Waals surface area (Å²) >= 11 is 0. The quantitative estimate of drug-likeness (QED) is 0.423. The van der Waals surface area contributed by atoms with Crippen LogP contribution >= 0.6 is 0 Å². The first-order chi connectivity index (χ1) is 5.12. The summed E-state index contributed by atoms with van der Waals surface area (Å²) in [7, 11) is 0. The van der Waals surface area contributed by atoms with Crippen LogP contribution in [0.15, 0.2) is 12.8 Å². The molecule has 0 radical (unpaired) electrons. The summed E-state index contributed by atoms with van der Waals surface area (Å²) < 4.78 is 5.04. The van der Waals surface area contributed by atoms with Gasteiger partial charge in [-0.15, -0.1) is 0 Å². The van der Waals surface area contributed by atoms with Gasteiger partial charge in [-0.25, -0.2) is 0 Å². The fourth-order valence-electron chi connectivity index (χ4n) is 0.894. The third kappa shape index (κ3) is 5.96. The van der Waals surface area contributed by atoms with E-state index in [0.717, 1.165) is 13.0 Å². The van der Waals surface area contributed by atoms with E-state index in [1.807, 2.05) is 0 Å². The molecular formula is C10H20O. The second-order valence-corrected chi connectivity index (χ2v) is 3.66. The SMILES string of the molecule is C=COCCCC(C)(C)CC. The Hall–Kier alpha value is -0.460. The Morgan fingerprint density at radius 3 is 2.55 bits per heavy atom. The first-order valence-corrected chi connectivity index (χ1v) is 4.35. The van der Waals surface area contributed by atoms with Crippen molar-refractivity contribution in [3.8, 4) is 0 Å². The Morgan fingerprint density at radius 1 is 1.45 bits per heavy atom. The number of ether oxygens (including phenoxy) is 1. The molecule has 0 aliphatic carbocycles. The van der Waals surface area contributed by atoms with Crippen LogP contribution in [0.3, 0.4) is 0 Å². The van der Waals surface area contributed by atoms with E-state index < -0.39 is 0 Å². The molecule has 1 heteroatoms. The van der Waals surface area contributed by atoms with E-state index in [2.05, 4.69) is 27.4 Å². The molecule has 0 fully saturated rings. The van der Waals surface area contributed by atoms with E-state index in [1.54, 1.807) is 0 Å². The molecule has 0 aliphatic rings. The van der Waals surface area contributed by atoms with Crippen molar-refractivity contribution < 1.29 is 4.74 Å². The van der Waals surface area contributed by atoms with Crippen molar-refractivity contribution in [1.29, 1.82) is 0 Å². The van der Waals surface area contributed by atoms with Crippen molar-refractivity contribution in [3.05, 3.63) is 12.8 Å². The monoisotopic (exact) mass is 156 g/mol. The normalized spacial score (nSPS) is 11.2. The minimum Gasteiger partial charge on any atom is -0.502 e. The summed E-state index contributed by atoms with van der Waals surface area (Å²) in [6.45, 7) is 11.1. The molecule has 0 N–H and O–H groups in total. The van der Waals surface area contributed by atoms with Gasteiger partial charge in [0.1, 0.15) is 0 Å². The van der Waals surface area contributed by atoms with Gasteiger partial charge in [-0.05, 0) is 18.3 Å². The van der Waals surface area contributed by atoms with Crippen LogP contribution in [0, 0.1) is 5.41 Å². The highest BCUT2D eigenvalue weighted by atomic mass is 16.5. The Kier molecular flexibility index (Phi) is 5.01. The number of rotatable bonds is 6. The van der Waals surface area contributed by atoms with E-state index in [9.17, 15) is 0 Å². The fourth-order valence-corrected chi connectivity index (χ4v) is 0.894. The second-order valence-electron chi connectivity index (χ2n) is 3.66. The molecule has 1 nitrogen and oxygen atoms in total. The van der Waals surface area contributed by atoms with Crippen LogP contribution in [0.1, 0.15) is 40.0 Å². The summed E-state index contributed by atoms with van der Waals surface area (Å²) in [6.07, 6.45) is 5.12. The standard InChI is InChI=1S/C10H20O/c1-5-10(3,4)8-7-9-11-6-2/h6H,2,5,7-9H2,1,3-4H3. The average Bonchev–Trinajstić information content (AvgIpc) is 1.99. The predicted molar refractivity (Wildman–Crippen MR) is 49.5 cm³/mol. The molecule has 0 aliphatic heterocycles. The molecule has 0 bridgehead atoms. The van der Waals surface area contributed by atoms with Crippen molar-refractivity contribution >= 4 is 0 Å². The summed E-state index contributed by atoms with van der Waals surface area (Å²) in [5.41, 5.74) is 0.477. The van der Waals surface area contributed by atoms with Gasteiger partial charge in [-0.1, -0.05) is 33.8 Å². The maximum absolute atomic E-state index is 5.04. The van der Waals surface area contributed by atoms with E-state index in [4.69, 9.17) is 4.74 Å². The van der Waals surface area contributed by atoms with Crippen molar-refractivity contribution in [3.63, 3.8) is 0 Å². The van der Waals surface area contributed by atoms with Crippen LogP contribution < -0.4 is 0 Å². The zero-order valence-electron chi connectivity index (χ0n) is 8.02.